The molecule has 0 unspecified atom stereocenters. The van der Waals surface area contributed by atoms with E-state index in [1.165, 1.54) is 24.3 Å². The molecule has 0 N–H and O–H groups in total. The summed E-state index contributed by atoms with van der Waals surface area (Å²) >= 11 is 0. The zero-order valence-corrected chi connectivity index (χ0v) is 7.03. The van der Waals surface area contributed by atoms with Crippen molar-refractivity contribution in [3.05, 3.63) is 36.1 Å². The quantitative estimate of drug-likeness (QED) is 0.633. The largest absolute Gasteiger partial charge is 0.236 e. The molecule has 0 bridgehead atoms. The summed E-state index contributed by atoms with van der Waals surface area (Å²) < 4.78 is 11.9. The van der Waals surface area contributed by atoms with Crippen LogP contribution < -0.4 is 0 Å². The zero-order chi connectivity index (χ0) is 5.11. The molecule has 0 heterocycles. The summed E-state index contributed by atoms with van der Waals surface area (Å²) in [6, 6.07) is 8.49. The zero-order valence-electron chi connectivity index (χ0n) is 4.10. The van der Waals surface area contributed by atoms with Crippen LogP contribution in [0.2, 0.25) is 0 Å². The van der Waals surface area contributed by atoms with Crippen molar-refractivity contribution in [1.29, 1.82) is 0 Å². The van der Waals surface area contributed by atoms with Crippen molar-refractivity contribution in [2.24, 2.45) is 0 Å². The average molecular weight is 279 g/mol. The summed E-state index contributed by atoms with van der Waals surface area (Å²) in [7, 11) is 0. The van der Waals surface area contributed by atoms with Gasteiger partial charge in [-0.05, 0) is 0 Å². The topological polar surface area (TPSA) is 0 Å². The second-order valence-electron chi connectivity index (χ2n) is 1.22. The van der Waals surface area contributed by atoms with E-state index in [0.29, 0.717) is 0 Å². The minimum atomic E-state index is -0.209. The Labute approximate surface area is 62.0 Å². The molecule has 0 amide bonds. The van der Waals surface area contributed by atoms with E-state index in [1.807, 2.05) is 0 Å². The van der Waals surface area contributed by atoms with Crippen LogP contribution >= 0.6 is 0 Å². The Balaban J connectivity index is 0.000000490. The van der Waals surface area contributed by atoms with Gasteiger partial charge in [0.25, 0.3) is 0 Å². The summed E-state index contributed by atoms with van der Waals surface area (Å²) in [6.45, 7) is 0. The molecule has 2 heteroatoms. The minimum Gasteiger partial charge on any atom is -0.236 e. The Morgan fingerprint density at radius 1 is 1.25 bits per heavy atom. The number of rotatable bonds is 0. The smallest absolute Gasteiger partial charge is 0.0151 e. The molecule has 0 aliphatic carbocycles. The van der Waals surface area contributed by atoms with E-state index in [2.05, 4.69) is 6.07 Å². The van der Waals surface area contributed by atoms with E-state index in [4.69, 9.17) is 0 Å². The summed E-state index contributed by atoms with van der Waals surface area (Å²) in [5.41, 5.74) is 0. The van der Waals surface area contributed by atoms with Crippen LogP contribution in [0.1, 0.15) is 0 Å². The van der Waals surface area contributed by atoms with Crippen molar-refractivity contribution in [1.82, 2.24) is 0 Å². The summed E-state index contributed by atoms with van der Waals surface area (Å²) in [6.07, 6.45) is 0. The van der Waals surface area contributed by atoms with E-state index in [0.717, 1.165) is 0 Å². The number of halogens is 1. The van der Waals surface area contributed by atoms with Crippen molar-refractivity contribution in [2.45, 2.75) is 0 Å². The monoisotopic (exact) mass is 279 g/mol. The van der Waals surface area contributed by atoms with Gasteiger partial charge in [0.05, 0.1) is 0 Å². The molecule has 1 aromatic carbocycles. The van der Waals surface area contributed by atoms with Crippen LogP contribution in [0.4, 0.5) is 4.39 Å². The van der Waals surface area contributed by atoms with Gasteiger partial charge in [-0.2, -0.15) is 18.2 Å². The Morgan fingerprint density at radius 2 is 1.75 bits per heavy atom. The molecule has 0 aromatic heterocycles. The van der Waals surface area contributed by atoms with Gasteiger partial charge in [0, 0.05) is 26.9 Å². The van der Waals surface area contributed by atoms with Gasteiger partial charge in [0.2, 0.25) is 0 Å². The van der Waals surface area contributed by atoms with Crippen LogP contribution in [0.15, 0.2) is 24.3 Å². The molecule has 0 atom stereocenters. The van der Waals surface area contributed by atoms with E-state index >= 15 is 0 Å². The molecule has 0 radical (unpaired) electrons. The van der Waals surface area contributed by atoms with Crippen molar-refractivity contribution >= 4 is 0 Å². The number of hydrogen-bond donors (Lipinski definition) is 0. The van der Waals surface area contributed by atoms with Gasteiger partial charge >= 0.3 is 0 Å². The molecule has 1 rings (SSSR count). The first-order valence-corrected chi connectivity index (χ1v) is 2.01. The number of hydrogen-bond acceptors (Lipinski definition) is 0. The standard InChI is InChI=1S/C6H4F.W/c7-6-4-2-1-3-5-6;/h2-5H;/q-1;. The molecule has 0 nitrogen and oxygen atoms in total. The van der Waals surface area contributed by atoms with E-state index in [-0.39, 0.29) is 26.9 Å². The van der Waals surface area contributed by atoms with Gasteiger partial charge in [-0.25, -0.2) is 4.39 Å². The maximum atomic E-state index is 11.9. The van der Waals surface area contributed by atoms with E-state index in [1.54, 1.807) is 0 Å². The van der Waals surface area contributed by atoms with Crippen LogP contribution in [0.3, 0.4) is 0 Å². The Hall–Kier alpha value is -0.162. The first-order chi connectivity index (χ1) is 3.39. The van der Waals surface area contributed by atoms with Gasteiger partial charge < -0.3 is 0 Å². The van der Waals surface area contributed by atoms with Crippen LogP contribution in [0.5, 0.6) is 0 Å². The van der Waals surface area contributed by atoms with Crippen LogP contribution in [0, 0.1) is 11.9 Å². The molecule has 0 saturated carbocycles. The first-order valence-electron chi connectivity index (χ1n) is 2.01. The van der Waals surface area contributed by atoms with Crippen LogP contribution in [-0.2, 0) is 21.1 Å². The molecular weight excluding hydrogens is 275 g/mol. The molecule has 0 spiro atoms. The molecule has 0 saturated heterocycles. The summed E-state index contributed by atoms with van der Waals surface area (Å²) in [5, 5.41) is 0. The number of benzene rings is 1. The minimum absolute atomic E-state index is 0. The second kappa shape index (κ2) is 3.79. The van der Waals surface area contributed by atoms with Gasteiger partial charge in [-0.1, -0.05) is 0 Å². The van der Waals surface area contributed by atoms with Gasteiger partial charge in [-0.3, -0.25) is 0 Å². The third kappa shape index (κ3) is 2.22. The fourth-order valence-corrected chi connectivity index (χ4v) is 0.367. The molecule has 0 aliphatic heterocycles. The third-order valence-corrected chi connectivity index (χ3v) is 0.678. The maximum absolute atomic E-state index is 11.9. The predicted molar refractivity (Wildman–Crippen MR) is 25.2 cm³/mol. The van der Waals surface area contributed by atoms with Crippen molar-refractivity contribution < 1.29 is 25.5 Å². The molecule has 0 aliphatic rings. The molecule has 8 heavy (non-hydrogen) atoms. The van der Waals surface area contributed by atoms with E-state index < -0.39 is 0 Å². The van der Waals surface area contributed by atoms with Crippen LogP contribution in [-0.4, -0.2) is 0 Å². The van der Waals surface area contributed by atoms with Crippen LogP contribution in [0.25, 0.3) is 0 Å². The van der Waals surface area contributed by atoms with E-state index in [9.17, 15) is 4.39 Å². The summed E-state index contributed by atoms with van der Waals surface area (Å²) in [4.78, 5) is 0. The third-order valence-electron chi connectivity index (χ3n) is 0.678. The normalized spacial score (nSPS) is 7.62. The molecular formula is C6H4FW-. The van der Waals surface area contributed by atoms with Crippen molar-refractivity contribution in [2.75, 3.05) is 0 Å². The second-order valence-corrected chi connectivity index (χ2v) is 1.22. The molecule has 0 fully saturated rings. The van der Waals surface area contributed by atoms with Crippen molar-refractivity contribution in [3.63, 3.8) is 0 Å². The van der Waals surface area contributed by atoms with Gasteiger partial charge in [0.15, 0.2) is 0 Å². The maximum Gasteiger partial charge on any atom is 0.0151 e. The molecule has 42 valence electrons. The Bertz CT molecular complexity index is 138. The Morgan fingerprint density at radius 3 is 2.00 bits per heavy atom. The Kier molecular flexibility index (Phi) is 3.72. The van der Waals surface area contributed by atoms with Crippen molar-refractivity contribution in [3.8, 4) is 0 Å². The fraction of sp³-hybridized carbons (Fsp3) is 0. The molecule has 1 aromatic rings. The van der Waals surface area contributed by atoms with Gasteiger partial charge in [0.1, 0.15) is 0 Å². The van der Waals surface area contributed by atoms with Gasteiger partial charge in [-0.15, -0.1) is 12.1 Å². The summed E-state index contributed by atoms with van der Waals surface area (Å²) in [5.74, 6) is -0.209. The fourth-order valence-electron chi connectivity index (χ4n) is 0.367. The SMILES string of the molecule is Fc1cc[c-]cc1.[W]. The first kappa shape index (κ1) is 7.84. The predicted octanol–water partition coefficient (Wildman–Crippen LogP) is 1.62. The average Bonchev–Trinajstić information content (AvgIpc) is 1.69.